The average Bonchev–Trinajstić information content (AvgIpc) is 2.22. The summed E-state index contributed by atoms with van der Waals surface area (Å²) in [5, 5.41) is 0.947. The Kier molecular flexibility index (Phi) is 2.73. The third-order valence-corrected chi connectivity index (χ3v) is 2.29. The summed E-state index contributed by atoms with van der Waals surface area (Å²) in [5.74, 6) is -1.18. The molecule has 0 saturated heterocycles. The molecule has 0 unspecified atom stereocenters. The Morgan fingerprint density at radius 1 is 1.12 bits per heavy atom. The fraction of sp³-hybridized carbons (Fsp3) is 0.167. The lowest BCUT2D eigenvalue weighted by Gasteiger charge is -2.08. The summed E-state index contributed by atoms with van der Waals surface area (Å²) in [6.07, 6.45) is 0. The van der Waals surface area contributed by atoms with Crippen LogP contribution in [0.2, 0.25) is 0 Å². The molecule has 0 aliphatic rings. The van der Waals surface area contributed by atoms with E-state index < -0.39 is 18.2 Å². The monoisotopic (exact) mass is 226 g/mol. The number of benzene rings is 2. The van der Waals surface area contributed by atoms with E-state index in [1.807, 2.05) is 6.92 Å². The van der Waals surface area contributed by atoms with E-state index in [9.17, 15) is 13.2 Å². The lowest BCUT2D eigenvalue weighted by atomic mass is 10.1. The molecule has 0 aromatic heterocycles. The Hall–Kier alpha value is -1.71. The molecule has 4 heteroatoms. The van der Waals surface area contributed by atoms with Crippen molar-refractivity contribution in [3.05, 3.63) is 41.7 Å². The number of ether oxygens (including phenoxy) is 1. The molecule has 0 radical (unpaired) electrons. The summed E-state index contributed by atoms with van der Waals surface area (Å²) in [5.41, 5.74) is 0.981. The largest absolute Gasteiger partial charge is 0.432 e. The van der Waals surface area contributed by atoms with Crippen LogP contribution in [0.25, 0.3) is 10.8 Å². The van der Waals surface area contributed by atoms with Crippen molar-refractivity contribution in [1.29, 1.82) is 0 Å². The van der Waals surface area contributed by atoms with E-state index >= 15 is 0 Å². The van der Waals surface area contributed by atoms with Crippen molar-refractivity contribution in [1.82, 2.24) is 0 Å². The molecule has 84 valence electrons. The maximum Gasteiger partial charge on any atom is 0.387 e. The van der Waals surface area contributed by atoms with Crippen LogP contribution in [-0.4, -0.2) is 6.61 Å². The molecule has 0 aliphatic carbocycles. The molecule has 0 aliphatic heterocycles. The van der Waals surface area contributed by atoms with Gasteiger partial charge in [0.15, 0.2) is 11.6 Å². The van der Waals surface area contributed by atoms with Crippen molar-refractivity contribution in [2.75, 3.05) is 0 Å². The Bertz CT molecular complexity index is 523. The summed E-state index contributed by atoms with van der Waals surface area (Å²) >= 11 is 0. The van der Waals surface area contributed by atoms with Crippen LogP contribution in [0.5, 0.6) is 5.75 Å². The third kappa shape index (κ3) is 1.96. The maximum absolute atomic E-state index is 13.7. The van der Waals surface area contributed by atoms with Crippen LogP contribution in [0.1, 0.15) is 5.56 Å². The molecule has 0 bridgehead atoms. The van der Waals surface area contributed by atoms with Crippen LogP contribution >= 0.6 is 0 Å². The zero-order valence-corrected chi connectivity index (χ0v) is 8.51. The Morgan fingerprint density at radius 2 is 1.88 bits per heavy atom. The molecule has 2 aromatic carbocycles. The standard InChI is InChI=1S/C12H9F3O/c1-7-2-4-9-8(6-7)3-5-10(11(9)13)16-12(14)15/h2-6,12H,1H3. The summed E-state index contributed by atoms with van der Waals surface area (Å²) < 4.78 is 41.7. The second kappa shape index (κ2) is 4.04. The van der Waals surface area contributed by atoms with E-state index in [4.69, 9.17) is 0 Å². The minimum atomic E-state index is -3.02. The first kappa shape index (κ1) is 10.8. The van der Waals surface area contributed by atoms with Gasteiger partial charge in [-0.05, 0) is 18.4 Å². The number of halogens is 3. The zero-order valence-electron chi connectivity index (χ0n) is 8.51. The quantitative estimate of drug-likeness (QED) is 0.754. The highest BCUT2D eigenvalue weighted by atomic mass is 19.3. The highest BCUT2D eigenvalue weighted by Gasteiger charge is 2.12. The van der Waals surface area contributed by atoms with Crippen molar-refractivity contribution >= 4 is 10.8 Å². The van der Waals surface area contributed by atoms with Crippen molar-refractivity contribution in [2.24, 2.45) is 0 Å². The highest BCUT2D eigenvalue weighted by molar-refractivity contribution is 5.85. The first-order valence-electron chi connectivity index (χ1n) is 4.71. The van der Waals surface area contributed by atoms with Crippen molar-refractivity contribution < 1.29 is 17.9 Å². The predicted molar refractivity (Wildman–Crippen MR) is 55.3 cm³/mol. The van der Waals surface area contributed by atoms with Gasteiger partial charge < -0.3 is 4.74 Å². The predicted octanol–water partition coefficient (Wildman–Crippen LogP) is 3.89. The van der Waals surface area contributed by atoms with E-state index in [2.05, 4.69) is 4.74 Å². The molecule has 0 N–H and O–H groups in total. The van der Waals surface area contributed by atoms with E-state index in [1.54, 1.807) is 24.3 Å². The number of aryl methyl sites for hydroxylation is 1. The molecule has 0 amide bonds. The first-order valence-corrected chi connectivity index (χ1v) is 4.71. The lowest BCUT2D eigenvalue weighted by molar-refractivity contribution is -0.0520. The smallest absolute Gasteiger partial charge is 0.387 e. The van der Waals surface area contributed by atoms with Crippen LogP contribution in [-0.2, 0) is 0 Å². The summed E-state index contributed by atoms with van der Waals surface area (Å²) in [4.78, 5) is 0. The molecule has 2 aromatic rings. The molecule has 0 atom stereocenters. The molecular weight excluding hydrogens is 217 g/mol. The second-order valence-corrected chi connectivity index (χ2v) is 3.48. The topological polar surface area (TPSA) is 9.23 Å². The minimum Gasteiger partial charge on any atom is -0.432 e. The van der Waals surface area contributed by atoms with E-state index in [1.165, 1.54) is 6.07 Å². The lowest BCUT2D eigenvalue weighted by Crippen LogP contribution is -2.03. The fourth-order valence-corrected chi connectivity index (χ4v) is 1.58. The number of rotatable bonds is 2. The van der Waals surface area contributed by atoms with Gasteiger partial charge in [-0.1, -0.05) is 29.8 Å². The van der Waals surface area contributed by atoms with E-state index in [0.29, 0.717) is 5.39 Å². The van der Waals surface area contributed by atoms with Crippen LogP contribution in [0.4, 0.5) is 13.2 Å². The summed E-state index contributed by atoms with van der Waals surface area (Å²) in [7, 11) is 0. The Balaban J connectivity index is 2.56. The molecule has 0 fully saturated rings. The van der Waals surface area contributed by atoms with Gasteiger partial charge in [-0.15, -0.1) is 0 Å². The normalized spacial score (nSPS) is 11.1. The SMILES string of the molecule is Cc1ccc2c(F)c(OC(F)F)ccc2c1. The van der Waals surface area contributed by atoms with Gasteiger partial charge in [0.05, 0.1) is 0 Å². The fourth-order valence-electron chi connectivity index (χ4n) is 1.58. The van der Waals surface area contributed by atoms with Crippen LogP contribution in [0.3, 0.4) is 0 Å². The molecular formula is C12H9F3O. The van der Waals surface area contributed by atoms with E-state index in [-0.39, 0.29) is 5.39 Å². The molecule has 1 nitrogen and oxygen atoms in total. The highest BCUT2D eigenvalue weighted by Crippen LogP contribution is 2.27. The van der Waals surface area contributed by atoms with Gasteiger partial charge in [0.1, 0.15) is 0 Å². The molecule has 0 spiro atoms. The van der Waals surface area contributed by atoms with Gasteiger partial charge in [-0.2, -0.15) is 8.78 Å². The van der Waals surface area contributed by atoms with Gasteiger partial charge >= 0.3 is 6.61 Å². The number of alkyl halides is 2. The third-order valence-electron chi connectivity index (χ3n) is 2.29. The molecule has 2 rings (SSSR count). The molecule has 16 heavy (non-hydrogen) atoms. The summed E-state index contributed by atoms with van der Waals surface area (Å²) in [6, 6.07) is 7.83. The second-order valence-electron chi connectivity index (χ2n) is 3.48. The molecule has 0 heterocycles. The van der Waals surface area contributed by atoms with Crippen LogP contribution in [0, 0.1) is 12.7 Å². The summed E-state index contributed by atoms with van der Waals surface area (Å²) in [6.45, 7) is -1.14. The van der Waals surface area contributed by atoms with Gasteiger partial charge in [0, 0.05) is 5.39 Å². The maximum atomic E-state index is 13.7. The minimum absolute atomic E-state index is 0.281. The Morgan fingerprint density at radius 3 is 2.56 bits per heavy atom. The van der Waals surface area contributed by atoms with Gasteiger partial charge in [0.2, 0.25) is 0 Å². The number of fused-ring (bicyclic) bond motifs is 1. The molecule has 0 saturated carbocycles. The van der Waals surface area contributed by atoms with Gasteiger partial charge in [-0.3, -0.25) is 0 Å². The van der Waals surface area contributed by atoms with Crippen molar-refractivity contribution in [3.63, 3.8) is 0 Å². The van der Waals surface area contributed by atoms with Crippen LogP contribution in [0.15, 0.2) is 30.3 Å². The number of hydrogen-bond acceptors (Lipinski definition) is 1. The first-order chi connectivity index (χ1) is 7.58. The van der Waals surface area contributed by atoms with Crippen LogP contribution < -0.4 is 4.74 Å². The Labute approximate surface area is 90.5 Å². The van der Waals surface area contributed by atoms with Crippen molar-refractivity contribution in [2.45, 2.75) is 13.5 Å². The van der Waals surface area contributed by atoms with Gasteiger partial charge in [0.25, 0.3) is 0 Å². The number of hydrogen-bond donors (Lipinski definition) is 0. The van der Waals surface area contributed by atoms with Gasteiger partial charge in [-0.25, -0.2) is 4.39 Å². The average molecular weight is 226 g/mol. The van der Waals surface area contributed by atoms with Crippen molar-refractivity contribution in [3.8, 4) is 5.75 Å². The van der Waals surface area contributed by atoms with E-state index in [0.717, 1.165) is 5.56 Å². The zero-order chi connectivity index (χ0) is 11.7.